The smallest absolute Gasteiger partial charge is 0.317 e. The fraction of sp³-hybridized carbons (Fsp3) is 0.467. The molecule has 0 aliphatic carbocycles. The molecule has 0 fully saturated rings. The summed E-state index contributed by atoms with van der Waals surface area (Å²) in [4.78, 5) is 23.4. The van der Waals surface area contributed by atoms with Gasteiger partial charge in [-0.2, -0.15) is 0 Å². The van der Waals surface area contributed by atoms with Gasteiger partial charge in [0.25, 0.3) is 0 Å². The minimum atomic E-state index is -1.16. The summed E-state index contributed by atoms with van der Waals surface area (Å²) >= 11 is 0. The number of rotatable bonds is 7. The number of carbonyl (C=O) groups is 2. The van der Waals surface area contributed by atoms with E-state index in [1.807, 2.05) is 0 Å². The van der Waals surface area contributed by atoms with Crippen molar-refractivity contribution in [1.29, 1.82) is 0 Å². The molecule has 5 nitrogen and oxygen atoms in total. The maximum atomic E-state index is 12.3. The van der Waals surface area contributed by atoms with Gasteiger partial charge in [-0.1, -0.05) is 19.1 Å². The lowest BCUT2D eigenvalue weighted by Crippen LogP contribution is -2.39. The fourth-order valence-corrected chi connectivity index (χ4v) is 2.20. The van der Waals surface area contributed by atoms with Crippen LogP contribution in [0.2, 0.25) is 0 Å². The summed E-state index contributed by atoms with van der Waals surface area (Å²) in [7, 11) is 1.55. The zero-order valence-corrected chi connectivity index (χ0v) is 12.0. The lowest BCUT2D eigenvalue weighted by atomic mass is 9.75. The van der Waals surface area contributed by atoms with Crippen LogP contribution in [0.1, 0.15) is 32.3 Å². The van der Waals surface area contributed by atoms with Crippen molar-refractivity contribution in [3.8, 4) is 5.75 Å². The molecule has 0 heterocycles. The number of carboxylic acids is 1. The van der Waals surface area contributed by atoms with Crippen LogP contribution in [0.5, 0.6) is 5.75 Å². The third-order valence-corrected chi connectivity index (χ3v) is 3.37. The molecule has 0 spiro atoms. The minimum Gasteiger partial charge on any atom is -0.497 e. The molecule has 1 atom stereocenters. The molecule has 0 aliphatic heterocycles. The van der Waals surface area contributed by atoms with Gasteiger partial charge in [-0.25, -0.2) is 0 Å². The van der Waals surface area contributed by atoms with Crippen molar-refractivity contribution < 1.29 is 24.2 Å². The van der Waals surface area contributed by atoms with Crippen molar-refractivity contribution in [2.24, 2.45) is 0 Å². The third-order valence-electron chi connectivity index (χ3n) is 3.37. The van der Waals surface area contributed by atoms with Crippen LogP contribution >= 0.6 is 0 Å². The maximum absolute atomic E-state index is 12.3. The minimum absolute atomic E-state index is 0.219. The summed E-state index contributed by atoms with van der Waals surface area (Å²) in [6.07, 6.45) is 0.0547. The molecular weight excluding hydrogens is 260 g/mol. The SMILES string of the molecule is CCOC(=O)C(CC)(CC(=O)O)c1ccc(OC)cc1. The Morgan fingerprint density at radius 2 is 1.80 bits per heavy atom. The Labute approximate surface area is 118 Å². The van der Waals surface area contributed by atoms with E-state index in [1.165, 1.54) is 0 Å². The molecule has 1 rings (SSSR count). The standard InChI is InChI=1S/C15H20O5/c1-4-15(10-13(16)17,14(18)20-5-2)11-6-8-12(19-3)9-7-11/h6-9H,4-5,10H2,1-3H3,(H,16,17). The summed E-state index contributed by atoms with van der Waals surface area (Å²) in [5.74, 6) is -0.885. The Balaban J connectivity index is 3.25. The van der Waals surface area contributed by atoms with Crippen molar-refractivity contribution in [3.05, 3.63) is 29.8 Å². The number of aliphatic carboxylic acids is 1. The van der Waals surface area contributed by atoms with Crippen molar-refractivity contribution in [3.63, 3.8) is 0 Å². The lowest BCUT2D eigenvalue weighted by molar-refractivity contribution is -0.155. The molecule has 0 radical (unpaired) electrons. The van der Waals surface area contributed by atoms with Gasteiger partial charge in [-0.15, -0.1) is 0 Å². The van der Waals surface area contributed by atoms with Gasteiger partial charge in [0, 0.05) is 0 Å². The van der Waals surface area contributed by atoms with Crippen molar-refractivity contribution >= 4 is 11.9 Å². The van der Waals surface area contributed by atoms with E-state index in [-0.39, 0.29) is 13.0 Å². The van der Waals surface area contributed by atoms with E-state index >= 15 is 0 Å². The van der Waals surface area contributed by atoms with E-state index < -0.39 is 17.4 Å². The zero-order valence-electron chi connectivity index (χ0n) is 12.0. The van der Waals surface area contributed by atoms with Crippen LogP contribution in [0.25, 0.3) is 0 Å². The molecule has 1 N–H and O–H groups in total. The molecular formula is C15H20O5. The lowest BCUT2D eigenvalue weighted by Gasteiger charge is -2.29. The molecule has 5 heteroatoms. The van der Waals surface area contributed by atoms with Crippen molar-refractivity contribution in [1.82, 2.24) is 0 Å². The Bertz CT molecular complexity index is 466. The van der Waals surface area contributed by atoms with E-state index in [1.54, 1.807) is 45.2 Å². The van der Waals surface area contributed by atoms with Gasteiger partial charge in [0.15, 0.2) is 0 Å². The van der Waals surface area contributed by atoms with Crippen molar-refractivity contribution in [2.45, 2.75) is 32.1 Å². The monoisotopic (exact) mass is 280 g/mol. The summed E-state index contributed by atoms with van der Waals surface area (Å²) < 4.78 is 10.1. The van der Waals surface area contributed by atoms with Gasteiger partial charge in [0.05, 0.1) is 20.1 Å². The number of esters is 1. The van der Waals surface area contributed by atoms with Gasteiger partial charge in [-0.3, -0.25) is 9.59 Å². The molecule has 0 saturated heterocycles. The molecule has 0 saturated carbocycles. The van der Waals surface area contributed by atoms with E-state index in [0.717, 1.165) is 0 Å². The Morgan fingerprint density at radius 3 is 2.20 bits per heavy atom. The first-order chi connectivity index (χ1) is 9.50. The highest BCUT2D eigenvalue weighted by molar-refractivity contribution is 5.88. The van der Waals surface area contributed by atoms with E-state index in [4.69, 9.17) is 14.6 Å². The number of carbonyl (C=O) groups excluding carboxylic acids is 1. The largest absolute Gasteiger partial charge is 0.497 e. The van der Waals surface area contributed by atoms with Crippen LogP contribution in [0, 0.1) is 0 Å². The molecule has 0 aromatic heterocycles. The zero-order chi connectivity index (χ0) is 15.2. The van der Waals surface area contributed by atoms with Crippen LogP contribution in [0.4, 0.5) is 0 Å². The molecule has 1 aromatic carbocycles. The van der Waals surface area contributed by atoms with Crippen LogP contribution in [0.15, 0.2) is 24.3 Å². The number of hydrogen-bond donors (Lipinski definition) is 1. The molecule has 1 unspecified atom stereocenters. The van der Waals surface area contributed by atoms with E-state index in [9.17, 15) is 9.59 Å². The first-order valence-electron chi connectivity index (χ1n) is 6.53. The highest BCUT2D eigenvalue weighted by Crippen LogP contribution is 2.34. The average Bonchev–Trinajstić information content (AvgIpc) is 2.45. The Kier molecular flexibility index (Phi) is 5.55. The second kappa shape index (κ2) is 6.93. The number of benzene rings is 1. The summed E-state index contributed by atoms with van der Waals surface area (Å²) in [5, 5.41) is 9.13. The van der Waals surface area contributed by atoms with E-state index in [2.05, 4.69) is 0 Å². The second-order valence-corrected chi connectivity index (χ2v) is 4.46. The van der Waals surface area contributed by atoms with Gasteiger partial charge in [-0.05, 0) is 31.0 Å². The Morgan fingerprint density at radius 1 is 1.20 bits per heavy atom. The summed E-state index contributed by atoms with van der Waals surface area (Å²) in [6, 6.07) is 6.84. The molecule has 110 valence electrons. The number of ether oxygens (including phenoxy) is 2. The van der Waals surface area contributed by atoms with Gasteiger partial charge >= 0.3 is 11.9 Å². The van der Waals surface area contributed by atoms with Gasteiger partial charge in [0.1, 0.15) is 11.2 Å². The predicted molar refractivity (Wildman–Crippen MR) is 73.8 cm³/mol. The topological polar surface area (TPSA) is 72.8 Å². The highest BCUT2D eigenvalue weighted by atomic mass is 16.5. The summed E-state index contributed by atoms with van der Waals surface area (Å²) in [5.41, 5.74) is -0.532. The molecule has 0 amide bonds. The summed E-state index contributed by atoms with van der Waals surface area (Å²) in [6.45, 7) is 3.70. The quantitative estimate of drug-likeness (QED) is 0.776. The van der Waals surface area contributed by atoms with Crippen molar-refractivity contribution in [2.75, 3.05) is 13.7 Å². The highest BCUT2D eigenvalue weighted by Gasteiger charge is 2.42. The average molecular weight is 280 g/mol. The van der Waals surface area contributed by atoms with Crippen LogP contribution in [0.3, 0.4) is 0 Å². The molecule has 1 aromatic rings. The third kappa shape index (κ3) is 3.29. The van der Waals surface area contributed by atoms with Crippen LogP contribution in [-0.4, -0.2) is 30.8 Å². The first kappa shape index (κ1) is 16.0. The van der Waals surface area contributed by atoms with Crippen LogP contribution in [-0.2, 0) is 19.7 Å². The number of methoxy groups -OCH3 is 1. The van der Waals surface area contributed by atoms with Gasteiger partial charge < -0.3 is 14.6 Å². The molecule has 0 bridgehead atoms. The van der Waals surface area contributed by atoms with Crippen LogP contribution < -0.4 is 4.74 Å². The second-order valence-electron chi connectivity index (χ2n) is 4.46. The normalized spacial score (nSPS) is 13.3. The fourth-order valence-electron chi connectivity index (χ4n) is 2.20. The van der Waals surface area contributed by atoms with E-state index in [0.29, 0.717) is 17.7 Å². The predicted octanol–water partition coefficient (Wildman–Crippen LogP) is 2.38. The number of carboxylic acid groups (broad SMARTS) is 1. The first-order valence-corrected chi connectivity index (χ1v) is 6.53. The Hall–Kier alpha value is -2.04. The number of hydrogen-bond acceptors (Lipinski definition) is 4. The van der Waals surface area contributed by atoms with Gasteiger partial charge in [0.2, 0.25) is 0 Å². The maximum Gasteiger partial charge on any atom is 0.317 e. The molecule has 0 aliphatic rings. The molecule has 20 heavy (non-hydrogen) atoms.